The van der Waals surface area contributed by atoms with Crippen molar-refractivity contribution in [3.63, 3.8) is 0 Å². The molecule has 1 heterocycles. The fourth-order valence-electron chi connectivity index (χ4n) is 2.34. The minimum absolute atomic E-state index is 0.587. The SMILES string of the molecule is CC(C)(O)CNCc1ccn(C2CCCC2)n1. The minimum atomic E-state index is -0.659. The highest BCUT2D eigenvalue weighted by Crippen LogP contribution is 2.28. The second-order valence-electron chi connectivity index (χ2n) is 5.64. The van der Waals surface area contributed by atoms with Gasteiger partial charge in [-0.2, -0.15) is 5.10 Å². The zero-order valence-corrected chi connectivity index (χ0v) is 10.8. The Bertz CT molecular complexity index is 348. The van der Waals surface area contributed by atoms with Gasteiger partial charge in [0.05, 0.1) is 17.3 Å². The normalized spacial score (nSPS) is 17.8. The third-order valence-corrected chi connectivity index (χ3v) is 3.23. The first kappa shape index (κ1) is 12.6. The van der Waals surface area contributed by atoms with Gasteiger partial charge in [-0.25, -0.2) is 0 Å². The van der Waals surface area contributed by atoms with E-state index in [0.29, 0.717) is 12.6 Å². The molecule has 96 valence electrons. The van der Waals surface area contributed by atoms with Gasteiger partial charge in [-0.05, 0) is 32.8 Å². The molecule has 1 saturated carbocycles. The monoisotopic (exact) mass is 237 g/mol. The van der Waals surface area contributed by atoms with Crippen molar-refractivity contribution < 1.29 is 5.11 Å². The lowest BCUT2D eigenvalue weighted by atomic mass is 10.1. The first-order valence-corrected chi connectivity index (χ1v) is 6.52. The van der Waals surface area contributed by atoms with Crippen LogP contribution in [0.15, 0.2) is 12.3 Å². The fraction of sp³-hybridized carbons (Fsp3) is 0.769. The minimum Gasteiger partial charge on any atom is -0.389 e. The molecule has 0 unspecified atom stereocenters. The maximum Gasteiger partial charge on any atom is 0.0762 e. The van der Waals surface area contributed by atoms with Crippen molar-refractivity contribution in [2.75, 3.05) is 6.54 Å². The Morgan fingerprint density at radius 3 is 2.82 bits per heavy atom. The van der Waals surface area contributed by atoms with Gasteiger partial charge in [0.25, 0.3) is 0 Å². The lowest BCUT2D eigenvalue weighted by molar-refractivity contribution is 0.0794. The summed E-state index contributed by atoms with van der Waals surface area (Å²) in [4.78, 5) is 0. The predicted octanol–water partition coefficient (Wildman–Crippen LogP) is 1.86. The Hall–Kier alpha value is -0.870. The summed E-state index contributed by atoms with van der Waals surface area (Å²) in [7, 11) is 0. The summed E-state index contributed by atoms with van der Waals surface area (Å²) in [5.41, 5.74) is 0.398. The van der Waals surface area contributed by atoms with Gasteiger partial charge in [0.2, 0.25) is 0 Å². The number of aliphatic hydroxyl groups is 1. The van der Waals surface area contributed by atoms with Gasteiger partial charge in [0.15, 0.2) is 0 Å². The number of hydrogen-bond donors (Lipinski definition) is 2. The molecule has 2 N–H and O–H groups in total. The maximum atomic E-state index is 9.59. The number of hydrogen-bond acceptors (Lipinski definition) is 3. The molecule has 1 aliphatic rings. The second-order valence-corrected chi connectivity index (χ2v) is 5.64. The van der Waals surface area contributed by atoms with Crippen LogP contribution in [0.5, 0.6) is 0 Å². The average Bonchev–Trinajstić information content (AvgIpc) is 2.83. The number of nitrogens with one attached hydrogen (secondary N) is 1. The van der Waals surface area contributed by atoms with Crippen LogP contribution in [0, 0.1) is 0 Å². The zero-order valence-electron chi connectivity index (χ0n) is 10.8. The molecule has 0 amide bonds. The zero-order chi connectivity index (χ0) is 12.3. The lowest BCUT2D eigenvalue weighted by Gasteiger charge is -2.17. The van der Waals surface area contributed by atoms with Crippen molar-refractivity contribution in [3.8, 4) is 0 Å². The Morgan fingerprint density at radius 1 is 1.47 bits per heavy atom. The molecular weight excluding hydrogens is 214 g/mol. The van der Waals surface area contributed by atoms with E-state index < -0.39 is 5.60 Å². The summed E-state index contributed by atoms with van der Waals surface area (Å²) < 4.78 is 2.11. The molecular formula is C13H23N3O. The van der Waals surface area contributed by atoms with E-state index in [4.69, 9.17) is 0 Å². The molecule has 1 aromatic heterocycles. The van der Waals surface area contributed by atoms with E-state index >= 15 is 0 Å². The van der Waals surface area contributed by atoms with Crippen molar-refractivity contribution in [2.24, 2.45) is 0 Å². The highest BCUT2D eigenvalue weighted by molar-refractivity contribution is 5.00. The Morgan fingerprint density at radius 2 is 2.18 bits per heavy atom. The van der Waals surface area contributed by atoms with Crippen molar-refractivity contribution in [1.29, 1.82) is 0 Å². The number of aromatic nitrogens is 2. The number of rotatable bonds is 5. The summed E-state index contributed by atoms with van der Waals surface area (Å²) in [6.07, 6.45) is 7.27. The molecule has 4 heteroatoms. The molecule has 0 spiro atoms. The highest BCUT2D eigenvalue weighted by Gasteiger charge is 2.17. The first-order valence-electron chi connectivity index (χ1n) is 6.52. The predicted molar refractivity (Wildman–Crippen MR) is 67.7 cm³/mol. The van der Waals surface area contributed by atoms with Gasteiger partial charge in [0, 0.05) is 19.3 Å². The molecule has 0 atom stereocenters. The molecule has 1 aromatic rings. The first-order chi connectivity index (χ1) is 8.04. The van der Waals surface area contributed by atoms with Crippen LogP contribution in [-0.4, -0.2) is 27.0 Å². The van der Waals surface area contributed by atoms with E-state index in [-0.39, 0.29) is 0 Å². The van der Waals surface area contributed by atoms with Gasteiger partial charge in [0.1, 0.15) is 0 Å². The average molecular weight is 237 g/mol. The quantitative estimate of drug-likeness (QED) is 0.822. The van der Waals surface area contributed by atoms with Gasteiger partial charge in [-0.3, -0.25) is 4.68 Å². The molecule has 0 radical (unpaired) electrons. The van der Waals surface area contributed by atoms with Crippen molar-refractivity contribution >= 4 is 0 Å². The molecule has 1 aliphatic carbocycles. The molecule has 2 rings (SSSR count). The summed E-state index contributed by atoms with van der Waals surface area (Å²) in [6.45, 7) is 4.92. The van der Waals surface area contributed by atoms with Gasteiger partial charge in [-0.15, -0.1) is 0 Å². The van der Waals surface area contributed by atoms with Crippen LogP contribution < -0.4 is 5.32 Å². The van der Waals surface area contributed by atoms with Crippen LogP contribution in [0.25, 0.3) is 0 Å². The Balaban J connectivity index is 1.81. The van der Waals surface area contributed by atoms with Crippen LogP contribution in [0.4, 0.5) is 0 Å². The van der Waals surface area contributed by atoms with Crippen LogP contribution in [0.2, 0.25) is 0 Å². The van der Waals surface area contributed by atoms with Crippen molar-refractivity contribution in [3.05, 3.63) is 18.0 Å². The van der Waals surface area contributed by atoms with E-state index in [0.717, 1.165) is 12.2 Å². The van der Waals surface area contributed by atoms with E-state index in [1.165, 1.54) is 25.7 Å². The van der Waals surface area contributed by atoms with E-state index in [1.54, 1.807) is 13.8 Å². The molecule has 0 aliphatic heterocycles. The van der Waals surface area contributed by atoms with Gasteiger partial charge < -0.3 is 10.4 Å². The third kappa shape index (κ3) is 3.82. The van der Waals surface area contributed by atoms with Crippen LogP contribution in [0.1, 0.15) is 51.3 Å². The summed E-state index contributed by atoms with van der Waals surface area (Å²) in [5, 5.41) is 17.4. The molecule has 1 fully saturated rings. The standard InChI is InChI=1S/C13H23N3O/c1-13(2,17)10-14-9-11-7-8-16(15-11)12-5-3-4-6-12/h7-8,12,14,17H,3-6,9-10H2,1-2H3. The van der Waals surface area contributed by atoms with E-state index in [9.17, 15) is 5.11 Å². The molecule has 0 aromatic carbocycles. The van der Waals surface area contributed by atoms with Crippen LogP contribution in [-0.2, 0) is 6.54 Å². The third-order valence-electron chi connectivity index (χ3n) is 3.23. The molecule has 0 bridgehead atoms. The summed E-state index contributed by atoms with van der Waals surface area (Å²) in [5.74, 6) is 0. The Kier molecular flexibility index (Phi) is 3.84. The second kappa shape index (κ2) is 5.19. The topological polar surface area (TPSA) is 50.1 Å². The molecule has 0 saturated heterocycles. The van der Waals surface area contributed by atoms with E-state index in [1.807, 2.05) is 0 Å². The van der Waals surface area contributed by atoms with E-state index in [2.05, 4.69) is 27.4 Å². The van der Waals surface area contributed by atoms with Gasteiger partial charge >= 0.3 is 0 Å². The molecule has 17 heavy (non-hydrogen) atoms. The largest absolute Gasteiger partial charge is 0.389 e. The molecule has 4 nitrogen and oxygen atoms in total. The Labute approximate surface area is 103 Å². The van der Waals surface area contributed by atoms with Crippen LogP contribution in [0.3, 0.4) is 0 Å². The summed E-state index contributed by atoms with van der Waals surface area (Å²) in [6, 6.07) is 2.67. The summed E-state index contributed by atoms with van der Waals surface area (Å²) >= 11 is 0. The van der Waals surface area contributed by atoms with Crippen molar-refractivity contribution in [2.45, 2.75) is 57.7 Å². The maximum absolute atomic E-state index is 9.59. The fourth-order valence-corrected chi connectivity index (χ4v) is 2.34. The lowest BCUT2D eigenvalue weighted by Crippen LogP contribution is -2.34. The number of nitrogens with zero attached hydrogens (tertiary/aromatic N) is 2. The smallest absolute Gasteiger partial charge is 0.0762 e. The van der Waals surface area contributed by atoms with Gasteiger partial charge in [-0.1, -0.05) is 12.8 Å². The van der Waals surface area contributed by atoms with Crippen molar-refractivity contribution in [1.82, 2.24) is 15.1 Å². The van der Waals surface area contributed by atoms with Crippen LogP contribution >= 0.6 is 0 Å². The highest BCUT2D eigenvalue weighted by atomic mass is 16.3.